The molecule has 0 fully saturated rings. The average Bonchev–Trinajstić information content (AvgIpc) is 2.78. The van der Waals surface area contributed by atoms with Crippen LogP contribution in [0.3, 0.4) is 0 Å². The first kappa shape index (κ1) is 24.3. The maximum Gasteiger partial charge on any atom is 0.339 e. The van der Waals surface area contributed by atoms with Gasteiger partial charge in [-0.3, -0.25) is 9.10 Å². The number of nitrogens with zero attached hydrogens (tertiary/aromatic N) is 1. The van der Waals surface area contributed by atoms with Crippen molar-refractivity contribution in [3.63, 3.8) is 0 Å². The second-order valence-corrected chi connectivity index (χ2v) is 9.40. The van der Waals surface area contributed by atoms with Gasteiger partial charge in [-0.2, -0.15) is 0 Å². The number of amides is 1. The van der Waals surface area contributed by atoms with Gasteiger partial charge >= 0.3 is 5.97 Å². The van der Waals surface area contributed by atoms with Gasteiger partial charge in [0, 0.05) is 5.69 Å². The standard InChI is InChI=1S/C24H23ClN2O5S/c1-3-32-24(29)21-13-12-18(15-22(21)25)26-23(28)16-27(19-9-7-8-17(2)14-19)33(30,31)20-10-5-4-6-11-20/h4-15H,3,16H2,1-2H3,(H,26,28). The lowest BCUT2D eigenvalue weighted by Crippen LogP contribution is -2.38. The first-order valence-corrected chi connectivity index (χ1v) is 11.9. The number of ether oxygens (including phenoxy) is 1. The summed E-state index contributed by atoms with van der Waals surface area (Å²) < 4.78 is 32.7. The number of rotatable bonds is 8. The smallest absolute Gasteiger partial charge is 0.339 e. The fraction of sp³-hybridized carbons (Fsp3) is 0.167. The molecule has 3 aromatic rings. The molecule has 0 aliphatic carbocycles. The fourth-order valence-electron chi connectivity index (χ4n) is 3.12. The van der Waals surface area contributed by atoms with E-state index in [0.29, 0.717) is 11.4 Å². The van der Waals surface area contributed by atoms with Crippen LogP contribution >= 0.6 is 11.6 Å². The van der Waals surface area contributed by atoms with E-state index in [-0.39, 0.29) is 22.1 Å². The van der Waals surface area contributed by atoms with Crippen LogP contribution in [0, 0.1) is 6.92 Å². The number of esters is 1. The van der Waals surface area contributed by atoms with Gasteiger partial charge in [-0.15, -0.1) is 0 Å². The van der Waals surface area contributed by atoms with E-state index < -0.39 is 28.4 Å². The van der Waals surface area contributed by atoms with Crippen molar-refractivity contribution in [1.82, 2.24) is 0 Å². The van der Waals surface area contributed by atoms with E-state index in [4.69, 9.17) is 16.3 Å². The van der Waals surface area contributed by atoms with E-state index in [1.165, 1.54) is 30.3 Å². The number of benzene rings is 3. The predicted octanol–water partition coefficient (Wildman–Crippen LogP) is 4.66. The van der Waals surface area contributed by atoms with Crippen LogP contribution in [0.5, 0.6) is 0 Å². The maximum atomic E-state index is 13.3. The van der Waals surface area contributed by atoms with Crippen LogP contribution in [-0.2, 0) is 19.6 Å². The molecule has 0 aliphatic rings. The summed E-state index contributed by atoms with van der Waals surface area (Å²) in [6, 6.07) is 19.1. The van der Waals surface area contributed by atoms with Crippen LogP contribution in [0.4, 0.5) is 11.4 Å². The Morgan fingerprint density at radius 1 is 1.00 bits per heavy atom. The number of carbonyl (C=O) groups excluding carboxylic acids is 2. The summed E-state index contributed by atoms with van der Waals surface area (Å²) in [4.78, 5) is 24.8. The summed E-state index contributed by atoms with van der Waals surface area (Å²) in [5, 5.41) is 2.75. The minimum atomic E-state index is -4.01. The molecule has 1 N–H and O–H groups in total. The third-order valence-electron chi connectivity index (χ3n) is 4.66. The second-order valence-electron chi connectivity index (χ2n) is 7.13. The minimum Gasteiger partial charge on any atom is -0.462 e. The van der Waals surface area contributed by atoms with E-state index in [1.807, 2.05) is 13.0 Å². The number of carbonyl (C=O) groups is 2. The lowest BCUT2D eigenvalue weighted by molar-refractivity contribution is -0.114. The van der Waals surface area contributed by atoms with Gasteiger partial charge in [0.25, 0.3) is 10.0 Å². The van der Waals surface area contributed by atoms with Crippen LogP contribution in [0.15, 0.2) is 77.7 Å². The zero-order chi connectivity index (χ0) is 24.0. The molecule has 9 heteroatoms. The number of aryl methyl sites for hydroxylation is 1. The summed E-state index contributed by atoms with van der Waals surface area (Å²) in [5.74, 6) is -1.14. The van der Waals surface area contributed by atoms with Gasteiger partial charge in [0.05, 0.1) is 27.8 Å². The molecule has 0 radical (unpaired) electrons. The zero-order valence-corrected chi connectivity index (χ0v) is 19.7. The van der Waals surface area contributed by atoms with Crippen molar-refractivity contribution in [3.8, 4) is 0 Å². The third kappa shape index (κ3) is 5.91. The Hall–Kier alpha value is -3.36. The predicted molar refractivity (Wildman–Crippen MR) is 128 cm³/mol. The Balaban J connectivity index is 1.87. The van der Waals surface area contributed by atoms with E-state index >= 15 is 0 Å². The van der Waals surface area contributed by atoms with Gasteiger partial charge < -0.3 is 10.1 Å². The van der Waals surface area contributed by atoms with Gasteiger partial charge in [-0.1, -0.05) is 41.9 Å². The summed E-state index contributed by atoms with van der Waals surface area (Å²) in [5.41, 5.74) is 1.70. The topological polar surface area (TPSA) is 92.8 Å². The molecule has 0 atom stereocenters. The molecular formula is C24H23ClN2O5S. The van der Waals surface area contributed by atoms with Gasteiger partial charge in [-0.25, -0.2) is 13.2 Å². The largest absolute Gasteiger partial charge is 0.462 e. The SMILES string of the molecule is CCOC(=O)c1ccc(NC(=O)CN(c2cccc(C)c2)S(=O)(=O)c2ccccc2)cc1Cl. The Morgan fingerprint density at radius 3 is 2.36 bits per heavy atom. The third-order valence-corrected chi connectivity index (χ3v) is 6.76. The van der Waals surface area contributed by atoms with Crippen LogP contribution in [0.25, 0.3) is 0 Å². The van der Waals surface area contributed by atoms with Crippen molar-refractivity contribution in [3.05, 3.63) is 88.9 Å². The summed E-state index contributed by atoms with van der Waals surface area (Å²) in [7, 11) is -4.01. The highest BCUT2D eigenvalue weighted by Gasteiger charge is 2.27. The first-order valence-electron chi connectivity index (χ1n) is 10.1. The molecule has 3 rings (SSSR count). The normalized spacial score (nSPS) is 11.0. The molecule has 0 saturated carbocycles. The van der Waals surface area contributed by atoms with Crippen molar-refractivity contribution in [2.24, 2.45) is 0 Å². The number of hydrogen-bond donors (Lipinski definition) is 1. The Labute approximate surface area is 198 Å². The molecule has 0 saturated heterocycles. The van der Waals surface area contributed by atoms with Crippen molar-refractivity contribution >= 4 is 44.9 Å². The molecular weight excluding hydrogens is 464 g/mol. The molecule has 0 unspecified atom stereocenters. The lowest BCUT2D eigenvalue weighted by atomic mass is 10.2. The van der Waals surface area contributed by atoms with Gasteiger partial charge in [0.2, 0.25) is 5.91 Å². The fourth-order valence-corrected chi connectivity index (χ4v) is 4.81. The second kappa shape index (κ2) is 10.5. The Morgan fingerprint density at radius 2 is 1.73 bits per heavy atom. The quantitative estimate of drug-likeness (QED) is 0.467. The molecule has 0 spiro atoms. The van der Waals surface area contributed by atoms with Gasteiger partial charge in [0.1, 0.15) is 6.54 Å². The molecule has 0 bridgehead atoms. The highest BCUT2D eigenvalue weighted by atomic mass is 35.5. The molecule has 0 aromatic heterocycles. The van der Waals surface area contributed by atoms with E-state index in [1.54, 1.807) is 43.3 Å². The first-order chi connectivity index (χ1) is 15.7. The van der Waals surface area contributed by atoms with Crippen LogP contribution < -0.4 is 9.62 Å². The maximum absolute atomic E-state index is 13.3. The van der Waals surface area contributed by atoms with E-state index in [9.17, 15) is 18.0 Å². The molecule has 172 valence electrons. The number of halogens is 1. The van der Waals surface area contributed by atoms with Crippen LogP contribution in [0.2, 0.25) is 5.02 Å². The van der Waals surface area contributed by atoms with Gasteiger partial charge in [0.15, 0.2) is 0 Å². The van der Waals surface area contributed by atoms with Gasteiger partial charge in [-0.05, 0) is 61.9 Å². The number of hydrogen-bond acceptors (Lipinski definition) is 5. The van der Waals surface area contributed by atoms with Crippen molar-refractivity contribution < 1.29 is 22.7 Å². The van der Waals surface area contributed by atoms with Crippen molar-refractivity contribution in [1.29, 1.82) is 0 Å². The molecule has 3 aromatic carbocycles. The summed E-state index contributed by atoms with van der Waals surface area (Å²) >= 11 is 6.16. The summed E-state index contributed by atoms with van der Waals surface area (Å²) in [6.45, 7) is 3.27. The summed E-state index contributed by atoms with van der Waals surface area (Å²) in [6.07, 6.45) is 0. The monoisotopic (exact) mass is 486 g/mol. The van der Waals surface area contributed by atoms with E-state index in [0.717, 1.165) is 9.87 Å². The lowest BCUT2D eigenvalue weighted by Gasteiger charge is -2.24. The molecule has 7 nitrogen and oxygen atoms in total. The Bertz CT molecular complexity index is 1260. The highest BCUT2D eigenvalue weighted by Crippen LogP contribution is 2.25. The highest BCUT2D eigenvalue weighted by molar-refractivity contribution is 7.92. The molecule has 33 heavy (non-hydrogen) atoms. The van der Waals surface area contributed by atoms with Crippen LogP contribution in [0.1, 0.15) is 22.8 Å². The Kier molecular flexibility index (Phi) is 7.73. The molecule has 1 amide bonds. The number of nitrogens with one attached hydrogen (secondary N) is 1. The number of sulfonamides is 1. The van der Waals surface area contributed by atoms with Crippen molar-refractivity contribution in [2.75, 3.05) is 22.8 Å². The zero-order valence-electron chi connectivity index (χ0n) is 18.1. The molecule has 0 heterocycles. The average molecular weight is 487 g/mol. The minimum absolute atomic E-state index is 0.0705. The molecule has 0 aliphatic heterocycles. The van der Waals surface area contributed by atoms with Crippen LogP contribution in [-0.4, -0.2) is 33.4 Å². The van der Waals surface area contributed by atoms with E-state index in [2.05, 4.69) is 5.32 Å². The number of anilines is 2. The van der Waals surface area contributed by atoms with Crippen molar-refractivity contribution in [2.45, 2.75) is 18.7 Å².